The van der Waals surface area contributed by atoms with Gasteiger partial charge in [0.15, 0.2) is 9.84 Å². The molecule has 0 aliphatic carbocycles. The van der Waals surface area contributed by atoms with E-state index in [9.17, 15) is 13.2 Å². The number of carbonyl (C=O) groups is 1. The number of carbonyl (C=O) groups excluding carboxylic acids is 1. The van der Waals surface area contributed by atoms with E-state index in [1.807, 2.05) is 6.92 Å². The lowest BCUT2D eigenvalue weighted by molar-refractivity contribution is -0.124. The van der Waals surface area contributed by atoms with Crippen LogP contribution in [0.5, 0.6) is 5.75 Å². The normalized spacial score (nSPS) is 13.6. The van der Waals surface area contributed by atoms with E-state index in [0.29, 0.717) is 18.8 Å². The van der Waals surface area contributed by atoms with Crippen LogP contribution in [0.15, 0.2) is 29.2 Å². The number of methoxy groups -OCH3 is 1. The van der Waals surface area contributed by atoms with Crippen molar-refractivity contribution in [3.05, 3.63) is 24.3 Å². The Hall–Kier alpha value is -1.31. The van der Waals surface area contributed by atoms with Gasteiger partial charge in [0.25, 0.3) is 0 Å². The van der Waals surface area contributed by atoms with Gasteiger partial charge in [0.1, 0.15) is 5.75 Å². The fourth-order valence-electron chi connectivity index (χ4n) is 1.82. The van der Waals surface area contributed by atoms with Crippen molar-refractivity contribution in [1.29, 1.82) is 0 Å². The van der Waals surface area contributed by atoms with E-state index in [2.05, 4.69) is 5.32 Å². The Morgan fingerprint density at radius 2 is 1.83 bits per heavy atom. The second kappa shape index (κ2) is 9.75. The molecule has 1 aromatic rings. The maximum Gasteiger partial charge on any atom is 0.223 e. The van der Waals surface area contributed by atoms with Crippen LogP contribution in [0, 0.1) is 11.8 Å². The first-order valence-electron chi connectivity index (χ1n) is 7.14. The molecule has 0 bridgehead atoms. The van der Waals surface area contributed by atoms with Gasteiger partial charge >= 0.3 is 0 Å². The summed E-state index contributed by atoms with van der Waals surface area (Å²) >= 11 is 0. The number of nitrogens with two attached hydrogens (primary N) is 1. The fourth-order valence-corrected chi connectivity index (χ4v) is 3.37. The molecule has 0 heterocycles. The highest BCUT2D eigenvalue weighted by atomic mass is 35.5. The zero-order valence-corrected chi connectivity index (χ0v) is 15.2. The molecule has 6 nitrogen and oxygen atoms in total. The molecule has 2 atom stereocenters. The average molecular weight is 365 g/mol. The summed E-state index contributed by atoms with van der Waals surface area (Å²) in [4.78, 5) is 12.1. The number of hydrogen-bond donors (Lipinski definition) is 2. The van der Waals surface area contributed by atoms with Gasteiger partial charge in [-0.15, -0.1) is 12.4 Å². The Morgan fingerprint density at radius 1 is 1.26 bits per heavy atom. The molecule has 132 valence electrons. The summed E-state index contributed by atoms with van der Waals surface area (Å²) in [6.45, 7) is 4.43. The van der Waals surface area contributed by atoms with Crippen molar-refractivity contribution in [3.8, 4) is 5.75 Å². The molecule has 0 fully saturated rings. The molecule has 8 heteroatoms. The molecule has 0 saturated heterocycles. The van der Waals surface area contributed by atoms with Gasteiger partial charge in [-0.2, -0.15) is 0 Å². The van der Waals surface area contributed by atoms with Crippen LogP contribution in [0.3, 0.4) is 0 Å². The zero-order chi connectivity index (χ0) is 16.8. The van der Waals surface area contributed by atoms with Gasteiger partial charge in [-0.25, -0.2) is 8.42 Å². The number of halogens is 1. The molecular formula is C15H25ClN2O4S. The summed E-state index contributed by atoms with van der Waals surface area (Å²) < 4.78 is 29.6. The molecule has 0 saturated carbocycles. The van der Waals surface area contributed by atoms with Crippen LogP contribution in [0.1, 0.15) is 13.8 Å². The van der Waals surface area contributed by atoms with Crippen molar-refractivity contribution in [2.45, 2.75) is 18.7 Å². The average Bonchev–Trinajstić information content (AvgIpc) is 2.51. The molecule has 0 aliphatic rings. The molecule has 0 aliphatic heterocycles. The van der Waals surface area contributed by atoms with Gasteiger partial charge in [-0.3, -0.25) is 4.79 Å². The Kier molecular flexibility index (Phi) is 9.19. The van der Waals surface area contributed by atoms with Crippen LogP contribution in [0.2, 0.25) is 0 Å². The number of ether oxygens (including phenoxy) is 1. The topological polar surface area (TPSA) is 98.5 Å². The molecule has 0 spiro atoms. The summed E-state index contributed by atoms with van der Waals surface area (Å²) in [7, 11) is -2.00. The lowest BCUT2D eigenvalue weighted by atomic mass is 10.1. The van der Waals surface area contributed by atoms with E-state index in [1.54, 1.807) is 19.1 Å². The van der Waals surface area contributed by atoms with E-state index in [4.69, 9.17) is 10.5 Å². The number of nitrogens with one attached hydrogen (secondary N) is 1. The van der Waals surface area contributed by atoms with E-state index < -0.39 is 15.8 Å². The SMILES string of the molecule is COc1ccc(S(=O)(=O)CC(C)C(=O)NCC(C)CN)cc1.Cl. The number of sulfone groups is 1. The summed E-state index contributed by atoms with van der Waals surface area (Å²) in [6, 6.07) is 6.13. The molecule has 3 N–H and O–H groups in total. The predicted octanol–water partition coefficient (Wildman–Crippen LogP) is 1.24. The fraction of sp³-hybridized carbons (Fsp3) is 0.533. The minimum absolute atomic E-state index is 0. The van der Waals surface area contributed by atoms with E-state index in [-0.39, 0.29) is 34.9 Å². The summed E-state index contributed by atoms with van der Waals surface area (Å²) in [6.07, 6.45) is 0. The van der Waals surface area contributed by atoms with Crippen molar-refractivity contribution in [2.75, 3.05) is 26.0 Å². The van der Waals surface area contributed by atoms with Crippen LogP contribution in [-0.2, 0) is 14.6 Å². The summed E-state index contributed by atoms with van der Waals surface area (Å²) in [5, 5.41) is 2.72. The minimum atomic E-state index is -3.51. The molecule has 1 rings (SSSR count). The molecular weight excluding hydrogens is 340 g/mol. The van der Waals surface area contributed by atoms with Crippen LogP contribution in [0.4, 0.5) is 0 Å². The van der Waals surface area contributed by atoms with Crippen LogP contribution < -0.4 is 15.8 Å². The van der Waals surface area contributed by atoms with Gasteiger partial charge < -0.3 is 15.8 Å². The highest BCUT2D eigenvalue weighted by molar-refractivity contribution is 7.91. The first-order chi connectivity index (χ1) is 10.3. The molecule has 23 heavy (non-hydrogen) atoms. The van der Waals surface area contributed by atoms with Crippen molar-refractivity contribution < 1.29 is 17.9 Å². The van der Waals surface area contributed by atoms with Crippen LogP contribution in [0.25, 0.3) is 0 Å². The van der Waals surface area contributed by atoms with Crippen molar-refractivity contribution >= 4 is 28.2 Å². The van der Waals surface area contributed by atoms with Gasteiger partial charge in [-0.05, 0) is 36.7 Å². The van der Waals surface area contributed by atoms with E-state index in [0.717, 1.165) is 0 Å². The van der Waals surface area contributed by atoms with E-state index >= 15 is 0 Å². The van der Waals surface area contributed by atoms with Crippen molar-refractivity contribution in [3.63, 3.8) is 0 Å². The summed E-state index contributed by atoms with van der Waals surface area (Å²) in [5.74, 6) is -0.397. The number of hydrogen-bond acceptors (Lipinski definition) is 5. The quantitative estimate of drug-likeness (QED) is 0.723. The van der Waals surface area contributed by atoms with Gasteiger partial charge in [0.05, 0.1) is 17.8 Å². The number of rotatable bonds is 8. The monoisotopic (exact) mass is 364 g/mol. The number of benzene rings is 1. The third-order valence-electron chi connectivity index (χ3n) is 3.36. The Bertz CT molecular complexity index is 590. The highest BCUT2D eigenvalue weighted by Crippen LogP contribution is 2.18. The largest absolute Gasteiger partial charge is 0.497 e. The lowest BCUT2D eigenvalue weighted by Gasteiger charge is -2.15. The molecule has 2 unspecified atom stereocenters. The standard InChI is InChI=1S/C15H24N2O4S.ClH/c1-11(8-16)9-17-15(18)12(2)10-22(19,20)14-6-4-13(21-3)5-7-14;/h4-7,11-12H,8-10,16H2,1-3H3,(H,17,18);1H. The lowest BCUT2D eigenvalue weighted by Crippen LogP contribution is -2.37. The second-order valence-electron chi connectivity index (χ2n) is 5.44. The predicted molar refractivity (Wildman–Crippen MR) is 92.7 cm³/mol. The molecule has 1 amide bonds. The zero-order valence-electron chi connectivity index (χ0n) is 13.6. The van der Waals surface area contributed by atoms with Crippen LogP contribution in [-0.4, -0.2) is 40.3 Å². The van der Waals surface area contributed by atoms with Gasteiger partial charge in [-0.1, -0.05) is 13.8 Å². The molecule has 0 radical (unpaired) electrons. The maximum atomic E-state index is 12.3. The maximum absolute atomic E-state index is 12.3. The minimum Gasteiger partial charge on any atom is -0.497 e. The highest BCUT2D eigenvalue weighted by Gasteiger charge is 2.23. The van der Waals surface area contributed by atoms with Gasteiger partial charge in [0, 0.05) is 12.5 Å². The first-order valence-corrected chi connectivity index (χ1v) is 8.80. The summed E-state index contributed by atoms with van der Waals surface area (Å²) in [5.41, 5.74) is 5.48. The first kappa shape index (κ1) is 21.7. The van der Waals surface area contributed by atoms with Gasteiger partial charge in [0.2, 0.25) is 5.91 Å². The Balaban J connectivity index is 0.00000484. The van der Waals surface area contributed by atoms with Crippen LogP contribution >= 0.6 is 12.4 Å². The van der Waals surface area contributed by atoms with E-state index in [1.165, 1.54) is 19.2 Å². The Morgan fingerprint density at radius 3 is 2.30 bits per heavy atom. The van der Waals surface area contributed by atoms with Crippen molar-refractivity contribution in [2.24, 2.45) is 17.6 Å². The Labute approximate surface area is 144 Å². The van der Waals surface area contributed by atoms with Crippen molar-refractivity contribution in [1.82, 2.24) is 5.32 Å². The molecule has 1 aromatic carbocycles. The third-order valence-corrected chi connectivity index (χ3v) is 5.29. The molecule has 0 aromatic heterocycles. The second-order valence-corrected chi connectivity index (χ2v) is 7.48. The third kappa shape index (κ3) is 6.76. The smallest absolute Gasteiger partial charge is 0.223 e. The number of amides is 1.